The minimum absolute atomic E-state index is 0.313. The van der Waals surface area contributed by atoms with E-state index in [-0.39, 0.29) is 0 Å². The molecule has 0 spiro atoms. The summed E-state index contributed by atoms with van der Waals surface area (Å²) in [6, 6.07) is 0. The number of nitrogens with zero attached hydrogens (tertiary/aromatic N) is 4. The third-order valence-electron chi connectivity index (χ3n) is 1.65. The maximum absolute atomic E-state index is 8.03. The summed E-state index contributed by atoms with van der Waals surface area (Å²) < 4.78 is 0. The van der Waals surface area contributed by atoms with Crippen molar-refractivity contribution in [2.75, 3.05) is 0 Å². The molecule has 20 heavy (non-hydrogen) atoms. The molecule has 0 saturated heterocycles. The maximum atomic E-state index is 8.03. The Hall–Kier alpha value is -1.32. The topological polar surface area (TPSA) is 130 Å². The van der Waals surface area contributed by atoms with Gasteiger partial charge in [0.1, 0.15) is 22.8 Å². The molecule has 4 N–H and O–H groups in total. The van der Waals surface area contributed by atoms with Crippen molar-refractivity contribution in [2.45, 2.75) is 34.6 Å². The molecule has 0 saturated carbocycles. The first-order chi connectivity index (χ1) is 9.44. The molecular formula is C10H21ClCoN4O4. The molecule has 10 heteroatoms. The molecule has 0 aromatic carbocycles. The molecule has 121 valence electrons. The molecule has 0 aromatic heterocycles. The summed E-state index contributed by atoms with van der Waals surface area (Å²) in [6.45, 7) is 11.1. The molecule has 0 bridgehead atoms. The molecule has 8 nitrogen and oxygen atoms in total. The molecule has 0 aromatic rings. The van der Waals surface area contributed by atoms with Gasteiger partial charge in [0.2, 0.25) is 0 Å². The second-order valence-corrected chi connectivity index (χ2v) is 2.74. The fourth-order valence-electron chi connectivity index (χ4n) is 0.289. The van der Waals surface area contributed by atoms with Crippen LogP contribution in [0.3, 0.4) is 0 Å². The standard InChI is InChI=1S/2C4H8N2O2.C2H5.ClH.Co/c2*1-3(5-7)4(2)6-8;1-2;;/h2*7-8H,1-2H3;1H2,2H3;1H;/q;;-1;;+2/p-1/b2*5-3+,6-4+;;;. The van der Waals surface area contributed by atoms with Gasteiger partial charge in [-0.2, -0.15) is 6.92 Å². The van der Waals surface area contributed by atoms with Crippen molar-refractivity contribution in [2.24, 2.45) is 20.6 Å². The van der Waals surface area contributed by atoms with E-state index in [2.05, 4.69) is 52.5 Å². The van der Waals surface area contributed by atoms with E-state index in [1.165, 1.54) is 27.7 Å². The van der Waals surface area contributed by atoms with Crippen molar-refractivity contribution in [1.29, 1.82) is 0 Å². The van der Waals surface area contributed by atoms with E-state index in [0.29, 0.717) is 22.8 Å². The Balaban J connectivity index is -0.000000102. The van der Waals surface area contributed by atoms with Crippen LogP contribution in [0, 0.1) is 6.92 Å². The average Bonchev–Trinajstić information content (AvgIpc) is 2.55. The molecule has 0 radical (unpaired) electrons. The van der Waals surface area contributed by atoms with Crippen LogP contribution in [0.15, 0.2) is 20.6 Å². The Morgan fingerprint density at radius 2 is 0.750 bits per heavy atom. The van der Waals surface area contributed by atoms with E-state index in [1.54, 1.807) is 6.92 Å². The molecule has 0 amide bonds. The Labute approximate surface area is 131 Å². The Bertz CT molecular complexity index is 269. The molecule has 0 aliphatic carbocycles. The van der Waals surface area contributed by atoms with Crippen LogP contribution < -0.4 is 0 Å². The number of rotatable bonds is 2. The van der Waals surface area contributed by atoms with E-state index in [1.807, 2.05) is 0 Å². The van der Waals surface area contributed by atoms with Crippen molar-refractivity contribution in [3.63, 3.8) is 0 Å². The van der Waals surface area contributed by atoms with E-state index in [0.717, 1.165) is 0 Å². The fraction of sp³-hybridized carbons (Fsp3) is 0.500. The number of oxime groups is 4. The number of halogens is 1. The van der Waals surface area contributed by atoms with Crippen LogP contribution in [0.5, 0.6) is 0 Å². The van der Waals surface area contributed by atoms with Crippen LogP contribution in [-0.2, 0) is 14.8 Å². The van der Waals surface area contributed by atoms with Gasteiger partial charge in [0.25, 0.3) is 0 Å². The summed E-state index contributed by atoms with van der Waals surface area (Å²) in [5.74, 6) is 0. The van der Waals surface area contributed by atoms with Crippen LogP contribution in [0.1, 0.15) is 34.6 Å². The first-order valence-electron chi connectivity index (χ1n) is 5.03. The van der Waals surface area contributed by atoms with Crippen LogP contribution in [0.4, 0.5) is 0 Å². The Kier molecular flexibility index (Phi) is 30.9. The predicted octanol–water partition coefficient (Wildman–Crippen LogP) is 2.90. The van der Waals surface area contributed by atoms with Gasteiger partial charge in [0, 0.05) is 0 Å². The van der Waals surface area contributed by atoms with Gasteiger partial charge in [0.05, 0.1) is 0 Å². The van der Waals surface area contributed by atoms with Crippen molar-refractivity contribution in [3.8, 4) is 0 Å². The van der Waals surface area contributed by atoms with Gasteiger partial charge in [-0.15, -0.1) is 0 Å². The summed E-state index contributed by atoms with van der Waals surface area (Å²) in [4.78, 5) is 0. The molecule has 0 heterocycles. The molecule has 0 rings (SSSR count). The summed E-state index contributed by atoms with van der Waals surface area (Å²) >= 11 is 3.03. The summed E-state index contributed by atoms with van der Waals surface area (Å²) in [7, 11) is 4.33. The van der Waals surface area contributed by atoms with Crippen molar-refractivity contribution in [1.82, 2.24) is 0 Å². The monoisotopic (exact) mass is 355 g/mol. The summed E-state index contributed by atoms with van der Waals surface area (Å²) in [5, 5.41) is 43.3. The van der Waals surface area contributed by atoms with Gasteiger partial charge >= 0.3 is 25.0 Å². The second-order valence-electron chi connectivity index (χ2n) is 2.74. The third-order valence-corrected chi connectivity index (χ3v) is 1.65. The van der Waals surface area contributed by atoms with Crippen LogP contribution in [0.25, 0.3) is 0 Å². The second kappa shape index (κ2) is 22.8. The van der Waals surface area contributed by atoms with Crippen molar-refractivity contribution in [3.05, 3.63) is 6.92 Å². The first kappa shape index (κ1) is 27.1. The van der Waals surface area contributed by atoms with Crippen molar-refractivity contribution < 1.29 is 35.7 Å². The van der Waals surface area contributed by atoms with Gasteiger partial charge in [-0.3, -0.25) is 0 Å². The summed E-state index contributed by atoms with van der Waals surface area (Å²) in [5.41, 5.74) is 1.25. The van der Waals surface area contributed by atoms with Gasteiger partial charge in [-0.1, -0.05) is 20.6 Å². The predicted molar refractivity (Wildman–Crippen MR) is 76.5 cm³/mol. The van der Waals surface area contributed by atoms with Gasteiger partial charge in [-0.25, -0.2) is 0 Å². The van der Waals surface area contributed by atoms with E-state index in [9.17, 15) is 0 Å². The molecule has 0 atom stereocenters. The number of hydrogen-bond donors (Lipinski definition) is 4. The SMILES string of the molecule is CC(=N\O)/C(C)=N/O.CC(=N\O)/C(C)=N/O.[CH2-]C.[Cl][Co+]. The third kappa shape index (κ3) is 19.0. The summed E-state index contributed by atoms with van der Waals surface area (Å²) in [6.07, 6.45) is 0. The Morgan fingerprint density at radius 1 is 0.650 bits per heavy atom. The van der Waals surface area contributed by atoms with Gasteiger partial charge in [0.15, 0.2) is 0 Å². The molecule has 0 fully saturated rings. The van der Waals surface area contributed by atoms with Gasteiger partial charge in [-0.05, 0) is 27.7 Å². The van der Waals surface area contributed by atoms with Gasteiger partial charge < -0.3 is 27.8 Å². The van der Waals surface area contributed by atoms with Crippen LogP contribution in [0.2, 0.25) is 0 Å². The minimum atomic E-state index is 0.313. The molecule has 0 aliphatic rings. The van der Waals surface area contributed by atoms with E-state index >= 15 is 0 Å². The van der Waals surface area contributed by atoms with E-state index in [4.69, 9.17) is 20.8 Å². The zero-order valence-electron chi connectivity index (χ0n) is 12.0. The Morgan fingerprint density at radius 3 is 0.800 bits per heavy atom. The van der Waals surface area contributed by atoms with E-state index < -0.39 is 0 Å². The molecular weight excluding hydrogens is 335 g/mol. The van der Waals surface area contributed by atoms with Crippen molar-refractivity contribution >= 4 is 33.0 Å². The normalized spacial score (nSPS) is 12.0. The number of hydrogen-bond acceptors (Lipinski definition) is 8. The molecule has 0 aliphatic heterocycles. The van der Waals surface area contributed by atoms with Crippen LogP contribution >= 0.6 is 10.1 Å². The zero-order valence-corrected chi connectivity index (χ0v) is 13.8. The average molecular weight is 356 g/mol. The molecule has 0 unspecified atom stereocenters. The fourth-order valence-corrected chi connectivity index (χ4v) is 0.289. The first-order valence-corrected chi connectivity index (χ1v) is 6.46. The zero-order chi connectivity index (χ0) is 17.1. The van der Waals surface area contributed by atoms with Crippen LogP contribution in [-0.4, -0.2) is 43.7 Å². The quantitative estimate of drug-likeness (QED) is 0.262.